The first-order valence-corrected chi connectivity index (χ1v) is 7.45. The third-order valence-corrected chi connectivity index (χ3v) is 2.93. The van der Waals surface area contributed by atoms with Crippen LogP contribution >= 0.6 is 0 Å². The van der Waals surface area contributed by atoms with E-state index < -0.39 is 5.97 Å². The highest BCUT2D eigenvalue weighted by molar-refractivity contribution is 5.73. The predicted octanol–water partition coefficient (Wildman–Crippen LogP) is 2.81. The molecule has 0 aliphatic rings. The molecule has 128 valence electrons. The largest absolute Gasteiger partial charge is 0.481 e. The van der Waals surface area contributed by atoms with Crippen LogP contribution in [-0.4, -0.2) is 36.2 Å². The van der Waals surface area contributed by atoms with E-state index in [1.165, 1.54) is 0 Å². The fourth-order valence-electron chi connectivity index (χ4n) is 0.998. The lowest BCUT2D eigenvalue weighted by Gasteiger charge is -2.07. The molecule has 0 aliphatic heterocycles. The lowest BCUT2D eigenvalue weighted by Crippen LogP contribution is -2.15. The van der Waals surface area contributed by atoms with Gasteiger partial charge in [-0.05, 0) is 12.8 Å². The second kappa shape index (κ2) is 14.1. The van der Waals surface area contributed by atoms with Gasteiger partial charge in [0.2, 0.25) is 0 Å². The number of esters is 2. The molecule has 0 saturated carbocycles. The number of carboxylic acid groups (broad SMARTS) is 1. The Balaban J connectivity index is 0. The average Bonchev–Trinajstić information content (AvgIpc) is 2.50. The molecule has 0 aromatic carbocycles. The summed E-state index contributed by atoms with van der Waals surface area (Å²) in [6.45, 7) is 11.2. The molecule has 0 rings (SSSR count). The molecule has 1 N–H and O–H groups in total. The van der Waals surface area contributed by atoms with Gasteiger partial charge in [0.25, 0.3) is 0 Å². The number of hydrogen-bond donors (Lipinski definition) is 1. The Morgan fingerprint density at radius 1 is 1.05 bits per heavy atom. The molecular weight excluding hydrogens is 288 g/mol. The van der Waals surface area contributed by atoms with Gasteiger partial charge in [0.05, 0.1) is 18.3 Å². The van der Waals surface area contributed by atoms with Crippen LogP contribution in [0.1, 0.15) is 47.0 Å². The van der Waals surface area contributed by atoms with Crippen LogP contribution in [0, 0.1) is 11.8 Å². The standard InChI is InChI=1S/C8H14O4.C8H14O2/c1-3-6(2)8(11)12-5-4-7(9)10;1-4-6-10-8(9)7(3)5-2/h6H,3-5H2,1-2H3,(H,9,10);4,7H,1,5-6H2,2-3H3. The van der Waals surface area contributed by atoms with E-state index >= 15 is 0 Å². The SMILES string of the molecule is C=CCOC(=O)C(C)CC.CCC(C)C(=O)OCCC(=O)O. The van der Waals surface area contributed by atoms with Crippen molar-refractivity contribution < 1.29 is 29.0 Å². The molecule has 0 aliphatic carbocycles. The Labute approximate surface area is 132 Å². The minimum Gasteiger partial charge on any atom is -0.481 e. The molecule has 6 nitrogen and oxygen atoms in total. The van der Waals surface area contributed by atoms with Crippen LogP contribution in [0.15, 0.2) is 12.7 Å². The van der Waals surface area contributed by atoms with Crippen molar-refractivity contribution in [2.24, 2.45) is 11.8 Å². The molecule has 6 heteroatoms. The number of rotatable bonds is 9. The summed E-state index contributed by atoms with van der Waals surface area (Å²) in [6.07, 6.45) is 2.99. The van der Waals surface area contributed by atoms with Crippen LogP contribution in [0.3, 0.4) is 0 Å². The maximum atomic E-state index is 10.9. The molecule has 0 bridgehead atoms. The predicted molar refractivity (Wildman–Crippen MR) is 83.3 cm³/mol. The molecule has 0 spiro atoms. The van der Waals surface area contributed by atoms with Crippen LogP contribution in [0.5, 0.6) is 0 Å². The van der Waals surface area contributed by atoms with Crippen molar-refractivity contribution in [1.29, 1.82) is 0 Å². The van der Waals surface area contributed by atoms with E-state index in [2.05, 4.69) is 11.3 Å². The van der Waals surface area contributed by atoms with Crippen molar-refractivity contribution >= 4 is 17.9 Å². The highest BCUT2D eigenvalue weighted by Gasteiger charge is 2.12. The molecule has 22 heavy (non-hydrogen) atoms. The summed E-state index contributed by atoms with van der Waals surface area (Å²) in [6, 6.07) is 0. The van der Waals surface area contributed by atoms with Crippen LogP contribution in [-0.2, 0) is 23.9 Å². The van der Waals surface area contributed by atoms with Gasteiger partial charge < -0.3 is 14.6 Å². The summed E-state index contributed by atoms with van der Waals surface area (Å²) in [4.78, 5) is 31.8. The third kappa shape index (κ3) is 13.1. The van der Waals surface area contributed by atoms with Gasteiger partial charge in [-0.25, -0.2) is 0 Å². The van der Waals surface area contributed by atoms with Crippen molar-refractivity contribution in [3.8, 4) is 0 Å². The topological polar surface area (TPSA) is 89.9 Å². The lowest BCUT2D eigenvalue weighted by atomic mass is 10.1. The lowest BCUT2D eigenvalue weighted by molar-refractivity contribution is -0.150. The number of aliphatic carboxylic acids is 1. The van der Waals surface area contributed by atoms with E-state index in [0.717, 1.165) is 6.42 Å². The molecule has 0 radical (unpaired) electrons. The Morgan fingerprint density at radius 2 is 1.50 bits per heavy atom. The molecule has 0 amide bonds. The molecule has 0 heterocycles. The van der Waals surface area contributed by atoms with Crippen LogP contribution in [0.2, 0.25) is 0 Å². The smallest absolute Gasteiger partial charge is 0.308 e. The highest BCUT2D eigenvalue weighted by atomic mass is 16.5. The van der Waals surface area contributed by atoms with Gasteiger partial charge >= 0.3 is 17.9 Å². The average molecular weight is 316 g/mol. The van der Waals surface area contributed by atoms with Gasteiger partial charge in [0.1, 0.15) is 13.2 Å². The van der Waals surface area contributed by atoms with E-state index in [1.807, 2.05) is 20.8 Å². The summed E-state index contributed by atoms with van der Waals surface area (Å²) >= 11 is 0. The van der Waals surface area contributed by atoms with E-state index in [-0.39, 0.29) is 36.8 Å². The number of ether oxygens (including phenoxy) is 2. The third-order valence-electron chi connectivity index (χ3n) is 2.93. The molecule has 2 atom stereocenters. The molecule has 0 fully saturated rings. The zero-order valence-electron chi connectivity index (χ0n) is 14.0. The van der Waals surface area contributed by atoms with E-state index in [9.17, 15) is 14.4 Å². The van der Waals surface area contributed by atoms with E-state index in [4.69, 9.17) is 9.84 Å². The van der Waals surface area contributed by atoms with Gasteiger partial charge in [-0.1, -0.05) is 40.3 Å². The van der Waals surface area contributed by atoms with Gasteiger partial charge in [-0.2, -0.15) is 0 Å². The fraction of sp³-hybridized carbons (Fsp3) is 0.688. The number of hydrogen-bond acceptors (Lipinski definition) is 5. The maximum absolute atomic E-state index is 10.9. The number of carbonyl (C=O) groups is 3. The first kappa shape index (κ1) is 22.4. The Bertz CT molecular complexity index is 351. The Hall–Kier alpha value is -1.85. The van der Waals surface area contributed by atoms with E-state index in [1.54, 1.807) is 13.0 Å². The zero-order valence-corrected chi connectivity index (χ0v) is 14.0. The zero-order chi connectivity index (χ0) is 17.5. The molecule has 2 unspecified atom stereocenters. The minimum absolute atomic E-state index is 0.0138. The van der Waals surface area contributed by atoms with Crippen LogP contribution in [0.4, 0.5) is 0 Å². The van der Waals surface area contributed by atoms with Crippen molar-refractivity contribution in [2.45, 2.75) is 47.0 Å². The monoisotopic (exact) mass is 316 g/mol. The first-order valence-electron chi connectivity index (χ1n) is 7.45. The Morgan fingerprint density at radius 3 is 1.86 bits per heavy atom. The molecular formula is C16H28O6. The van der Waals surface area contributed by atoms with Crippen molar-refractivity contribution in [2.75, 3.05) is 13.2 Å². The second-order valence-electron chi connectivity index (χ2n) is 4.85. The fourth-order valence-corrected chi connectivity index (χ4v) is 0.998. The van der Waals surface area contributed by atoms with Crippen molar-refractivity contribution in [3.05, 3.63) is 12.7 Å². The summed E-state index contributed by atoms with van der Waals surface area (Å²) in [7, 11) is 0. The Kier molecular flexibility index (Phi) is 14.4. The maximum Gasteiger partial charge on any atom is 0.308 e. The quantitative estimate of drug-likeness (QED) is 0.519. The van der Waals surface area contributed by atoms with Crippen molar-refractivity contribution in [1.82, 2.24) is 0 Å². The van der Waals surface area contributed by atoms with Gasteiger partial charge in [0.15, 0.2) is 0 Å². The molecule has 0 saturated heterocycles. The van der Waals surface area contributed by atoms with Gasteiger partial charge in [-0.3, -0.25) is 14.4 Å². The summed E-state index contributed by atoms with van der Waals surface area (Å²) in [5, 5.41) is 8.23. The number of carbonyl (C=O) groups excluding carboxylic acids is 2. The second-order valence-corrected chi connectivity index (χ2v) is 4.85. The molecule has 0 aromatic heterocycles. The van der Waals surface area contributed by atoms with Crippen LogP contribution < -0.4 is 0 Å². The minimum atomic E-state index is -0.952. The van der Waals surface area contributed by atoms with E-state index in [0.29, 0.717) is 13.0 Å². The highest BCUT2D eigenvalue weighted by Crippen LogP contribution is 2.03. The normalized spacial score (nSPS) is 12.2. The summed E-state index contributed by atoms with van der Waals surface area (Å²) < 4.78 is 9.47. The van der Waals surface area contributed by atoms with Gasteiger partial charge in [0, 0.05) is 0 Å². The summed E-state index contributed by atoms with van der Waals surface area (Å²) in [5.74, 6) is -1.54. The van der Waals surface area contributed by atoms with Crippen molar-refractivity contribution in [3.63, 3.8) is 0 Å². The summed E-state index contributed by atoms with van der Waals surface area (Å²) in [5.41, 5.74) is 0. The number of carboxylic acids is 1. The van der Waals surface area contributed by atoms with Gasteiger partial charge in [-0.15, -0.1) is 0 Å². The molecule has 0 aromatic rings. The first-order chi connectivity index (χ1) is 10.3. The van der Waals surface area contributed by atoms with Crippen LogP contribution in [0.25, 0.3) is 0 Å².